The second-order valence-electron chi connectivity index (χ2n) is 9.85. The van der Waals surface area contributed by atoms with Crippen molar-refractivity contribution in [1.82, 2.24) is 0 Å². The molecular weight excluding hydrogens is 837 g/mol. The fourth-order valence-corrected chi connectivity index (χ4v) is 2.83. The number of hydrogen-bond donors (Lipinski definition) is 13. The van der Waals surface area contributed by atoms with Crippen molar-refractivity contribution in [2.75, 3.05) is 0 Å². The van der Waals surface area contributed by atoms with Gasteiger partial charge in [0.15, 0.2) is 16.8 Å². The first-order chi connectivity index (χ1) is 23.1. The van der Waals surface area contributed by atoms with Crippen LogP contribution in [0.1, 0.15) is 51.4 Å². The van der Waals surface area contributed by atoms with Crippen LogP contribution in [0.5, 0.6) is 0 Å². The molecule has 0 saturated heterocycles. The predicted octanol–water partition coefficient (Wildman–Crippen LogP) is -19.6. The summed E-state index contributed by atoms with van der Waals surface area (Å²) in [5.41, 5.74) is -11.2. The number of rotatable bonds is 20. The van der Waals surface area contributed by atoms with Gasteiger partial charge in [0.1, 0.15) is 5.60 Å². The van der Waals surface area contributed by atoms with Gasteiger partial charge >= 0.3 is 142 Å². The van der Waals surface area contributed by atoms with Crippen molar-refractivity contribution in [1.29, 1.82) is 0 Å². The number of aliphatic carboxylic acids is 12. The Hall–Kier alpha value is -3.60. The first-order valence-electron chi connectivity index (χ1n) is 12.6. The minimum absolute atomic E-state index is 0. The Labute approximate surface area is 381 Å². The van der Waals surface area contributed by atoms with Crippen molar-refractivity contribution >= 4 is 71.6 Å². The summed E-state index contributed by atoms with van der Waals surface area (Å²) in [4.78, 5) is 121. The van der Waals surface area contributed by atoms with Crippen LogP contribution in [0, 0.1) is 0 Å². The van der Waals surface area contributed by atoms with Gasteiger partial charge in [0.05, 0.1) is 44.5 Å². The van der Waals surface area contributed by atoms with E-state index in [1.807, 2.05) is 0 Å². The van der Waals surface area contributed by atoms with E-state index in [-0.39, 0.29) is 99.6 Å². The second kappa shape index (κ2) is 33.4. The summed E-state index contributed by atoms with van der Waals surface area (Å²) in [6, 6.07) is 0. The third kappa shape index (κ3) is 36.5. The summed E-state index contributed by atoms with van der Waals surface area (Å²) in [6.07, 6.45) is -9.58. The van der Waals surface area contributed by atoms with Gasteiger partial charge in [-0.3, -0.25) is 28.8 Å². The standard InChI is InChI=1S/4C6H8O7.3Na.2H2O/c4*7-3(8)1-6(13,5(11)12)2-4(9)10;;;;;/h4*13H,1-2H2,(H,7,8)(H,9,10)(H,11,12);;;;2*1H2/q;;;;3*+1;;/p-3. The van der Waals surface area contributed by atoms with E-state index in [0.29, 0.717) is 0 Å². The van der Waals surface area contributed by atoms with Gasteiger partial charge in [-0.1, -0.05) is 0 Å². The first-order valence-corrected chi connectivity index (χ1v) is 12.6. The van der Waals surface area contributed by atoms with Crippen LogP contribution in [-0.2, 0) is 57.5 Å². The van der Waals surface area contributed by atoms with Crippen molar-refractivity contribution < 1.29 is 239 Å². The first kappa shape index (κ1) is 74.4. The SMILES string of the molecule is O.O.O=C(O)CC(O)(CC(=O)O)C(=O)O.O=C(O)CC(O)(CC(=O)O)C(=O)O.O=C(O)CC(O)(CC(=O)O)C(=O)O.O=C([O-])CC(O)(CC(=O)[O-])C(=O)[O-].[Na+].[Na+].[Na+]. The average molecular weight is 870 g/mol. The average Bonchev–Trinajstić information content (AvgIpc) is 2.85. The Morgan fingerprint density at radius 2 is 0.456 bits per heavy atom. The van der Waals surface area contributed by atoms with Gasteiger partial charge in [0.25, 0.3) is 0 Å². The smallest absolute Gasteiger partial charge is 0.550 e. The van der Waals surface area contributed by atoms with E-state index in [4.69, 9.17) is 66.4 Å². The van der Waals surface area contributed by atoms with Gasteiger partial charge in [-0.25, -0.2) is 14.4 Å². The van der Waals surface area contributed by atoms with Gasteiger partial charge < -0.3 is 107 Å². The summed E-state index contributed by atoms with van der Waals surface area (Å²) in [7, 11) is 0. The van der Waals surface area contributed by atoms with Crippen LogP contribution in [-0.4, -0.2) is 171 Å². The third-order valence-electron chi connectivity index (χ3n) is 5.11. The molecule has 0 bridgehead atoms. The van der Waals surface area contributed by atoms with E-state index in [1.165, 1.54) is 0 Å². The molecule has 0 aliphatic carbocycles. The van der Waals surface area contributed by atoms with Crippen LogP contribution < -0.4 is 104 Å². The molecule has 0 rings (SSSR count). The Morgan fingerprint density at radius 3 is 0.526 bits per heavy atom. The number of carboxylic acid groups (broad SMARTS) is 12. The Bertz CT molecular complexity index is 1140. The van der Waals surface area contributed by atoms with Crippen LogP contribution >= 0.6 is 0 Å². The van der Waals surface area contributed by atoms with Crippen molar-refractivity contribution in [2.24, 2.45) is 0 Å². The van der Waals surface area contributed by atoms with Crippen molar-refractivity contribution in [3.63, 3.8) is 0 Å². The van der Waals surface area contributed by atoms with Gasteiger partial charge in [0, 0.05) is 24.8 Å². The molecule has 0 fully saturated rings. The predicted molar refractivity (Wildman–Crippen MR) is 148 cm³/mol. The van der Waals surface area contributed by atoms with Crippen molar-refractivity contribution in [3.8, 4) is 0 Å². The van der Waals surface area contributed by atoms with Gasteiger partial charge in [-0.15, -0.1) is 0 Å². The molecule has 0 saturated carbocycles. The summed E-state index contributed by atoms with van der Waals surface area (Å²) < 4.78 is 0. The van der Waals surface area contributed by atoms with Crippen molar-refractivity contribution in [3.05, 3.63) is 0 Å². The van der Waals surface area contributed by atoms with E-state index in [0.717, 1.165) is 0 Å². The number of carboxylic acids is 12. The quantitative estimate of drug-likeness (QED) is 0.0505. The molecule has 33 heteroatoms. The number of aliphatic hydroxyl groups is 4. The maximum absolute atomic E-state index is 10.3. The van der Waals surface area contributed by atoms with Crippen LogP contribution in [0.25, 0.3) is 0 Å². The molecule has 0 aromatic rings. The second-order valence-corrected chi connectivity index (χ2v) is 9.85. The number of carbonyl (C=O) groups excluding carboxylic acids is 3. The van der Waals surface area contributed by atoms with E-state index in [2.05, 4.69) is 0 Å². The molecule has 0 aromatic carbocycles. The van der Waals surface area contributed by atoms with Crippen LogP contribution in [0.3, 0.4) is 0 Å². The molecule has 0 spiro atoms. The molecule has 17 N–H and O–H groups in total. The fraction of sp³-hybridized carbons (Fsp3) is 0.500. The third-order valence-corrected chi connectivity index (χ3v) is 5.11. The molecule has 0 amide bonds. The Balaban J connectivity index is -0.0000000748. The maximum Gasteiger partial charge on any atom is 1.00 e. The molecule has 57 heavy (non-hydrogen) atoms. The zero-order chi connectivity index (χ0) is 42.6. The van der Waals surface area contributed by atoms with Crippen LogP contribution in [0.2, 0.25) is 0 Å². The molecular formula is C24H33Na3O30. The monoisotopic (exact) mass is 870 g/mol. The van der Waals surface area contributed by atoms with E-state index >= 15 is 0 Å². The Morgan fingerprint density at radius 1 is 0.316 bits per heavy atom. The van der Waals surface area contributed by atoms with Crippen LogP contribution in [0.15, 0.2) is 0 Å². The molecule has 0 aliphatic rings. The molecule has 0 unspecified atom stereocenters. The molecule has 30 nitrogen and oxygen atoms in total. The molecule has 0 aliphatic heterocycles. The number of hydrogen-bond acceptors (Lipinski definition) is 19. The summed E-state index contributed by atoms with van der Waals surface area (Å²) >= 11 is 0. The van der Waals surface area contributed by atoms with Crippen LogP contribution in [0.4, 0.5) is 0 Å². The summed E-state index contributed by atoms with van der Waals surface area (Å²) in [5.74, 6) is -21.0. The van der Waals surface area contributed by atoms with Crippen molar-refractivity contribution in [2.45, 2.75) is 73.8 Å². The molecule has 312 valence electrons. The topological polar surface area (TPSA) is 600 Å². The fourth-order valence-electron chi connectivity index (χ4n) is 2.83. The van der Waals surface area contributed by atoms with E-state index in [9.17, 15) is 72.9 Å². The van der Waals surface area contributed by atoms with E-state index in [1.54, 1.807) is 0 Å². The van der Waals surface area contributed by atoms with E-state index < -0.39 is 145 Å². The summed E-state index contributed by atoms with van der Waals surface area (Å²) in [5, 5.41) is 140. The maximum atomic E-state index is 10.3. The summed E-state index contributed by atoms with van der Waals surface area (Å²) in [6.45, 7) is 0. The molecule has 0 aromatic heterocycles. The molecule has 0 radical (unpaired) electrons. The zero-order valence-electron chi connectivity index (χ0n) is 29.6. The van der Waals surface area contributed by atoms with Gasteiger partial charge in [0.2, 0.25) is 0 Å². The van der Waals surface area contributed by atoms with Gasteiger partial charge in [-0.2, -0.15) is 0 Å². The molecule has 0 atom stereocenters. The minimum atomic E-state index is -2.97. The Kier molecular flexibility index (Phi) is 43.6. The number of carbonyl (C=O) groups is 12. The zero-order valence-corrected chi connectivity index (χ0v) is 35.6. The normalized spacial score (nSPS) is 9.89. The van der Waals surface area contributed by atoms with Gasteiger partial charge in [-0.05, 0) is 0 Å². The minimum Gasteiger partial charge on any atom is -0.550 e. The molecule has 0 heterocycles. The largest absolute Gasteiger partial charge is 1.00 e.